The summed E-state index contributed by atoms with van der Waals surface area (Å²) in [6.45, 7) is 8.02. The molecule has 8 heteroatoms. The summed E-state index contributed by atoms with van der Waals surface area (Å²) in [4.78, 5) is 12.3. The van der Waals surface area contributed by atoms with Gasteiger partial charge in [-0.05, 0) is 45.4 Å². The van der Waals surface area contributed by atoms with Crippen LogP contribution in [0.1, 0.15) is 44.5 Å². The Balaban J connectivity index is 2.34. The molecule has 1 aromatic rings. The Labute approximate surface area is 154 Å². The van der Waals surface area contributed by atoms with Crippen molar-refractivity contribution in [3.05, 3.63) is 28.8 Å². The molecule has 1 aromatic carbocycles. The summed E-state index contributed by atoms with van der Waals surface area (Å²) in [5, 5.41) is 2.93. The number of hydrogen-bond donors (Lipinski definition) is 1. The molecule has 0 aliphatic carbocycles. The number of nitrogens with zero attached hydrogens (tertiary/aromatic N) is 1. The first-order chi connectivity index (χ1) is 11.6. The van der Waals surface area contributed by atoms with E-state index in [1.165, 1.54) is 22.5 Å². The third-order valence-electron chi connectivity index (χ3n) is 4.19. The fourth-order valence-corrected chi connectivity index (χ4v) is 4.81. The van der Waals surface area contributed by atoms with Gasteiger partial charge in [0.25, 0.3) is 5.91 Å². The van der Waals surface area contributed by atoms with Crippen LogP contribution in [0.25, 0.3) is 0 Å². The maximum Gasteiger partial charge on any atom is 0.251 e. The Hall–Kier alpha value is -1.15. The second kappa shape index (κ2) is 8.03. The molecule has 6 nitrogen and oxygen atoms in total. The van der Waals surface area contributed by atoms with Gasteiger partial charge in [0.1, 0.15) is 4.90 Å². The highest BCUT2D eigenvalue weighted by Gasteiger charge is 2.33. The number of ether oxygens (including phenoxy) is 1. The van der Waals surface area contributed by atoms with Crippen LogP contribution < -0.4 is 5.32 Å². The number of morpholine rings is 1. The monoisotopic (exact) mass is 388 g/mol. The van der Waals surface area contributed by atoms with Crippen molar-refractivity contribution in [1.82, 2.24) is 9.62 Å². The Kier molecular flexibility index (Phi) is 6.48. The summed E-state index contributed by atoms with van der Waals surface area (Å²) in [6, 6.07) is 4.33. The molecule has 1 amide bonds. The number of benzene rings is 1. The maximum atomic E-state index is 13.0. The lowest BCUT2D eigenvalue weighted by Gasteiger charge is -2.34. The molecule has 3 unspecified atom stereocenters. The van der Waals surface area contributed by atoms with E-state index in [9.17, 15) is 13.2 Å². The smallest absolute Gasteiger partial charge is 0.251 e. The molecule has 0 spiro atoms. The molecule has 1 aliphatic rings. The molecule has 25 heavy (non-hydrogen) atoms. The van der Waals surface area contributed by atoms with Crippen molar-refractivity contribution in [3.63, 3.8) is 0 Å². The Bertz CT molecular complexity index is 728. The highest BCUT2D eigenvalue weighted by molar-refractivity contribution is 7.89. The fraction of sp³-hybridized carbons (Fsp3) is 0.588. The molecule has 1 heterocycles. The zero-order valence-corrected chi connectivity index (χ0v) is 16.5. The van der Waals surface area contributed by atoms with Gasteiger partial charge in [-0.3, -0.25) is 4.79 Å². The van der Waals surface area contributed by atoms with Crippen molar-refractivity contribution in [1.29, 1.82) is 0 Å². The normalized spacial score (nSPS) is 23.2. The predicted molar refractivity (Wildman–Crippen MR) is 97.4 cm³/mol. The number of sulfonamides is 1. The minimum Gasteiger partial charge on any atom is -0.373 e. The standard InChI is InChI=1S/C17H25ClN2O4S/c1-5-11(2)19-17(21)14-6-7-15(18)16(8-14)25(22,23)20-9-12(3)24-13(4)10-20/h6-8,11-13H,5,9-10H2,1-4H3,(H,19,21). The minimum absolute atomic E-state index is 0.00387. The molecule has 3 atom stereocenters. The molecular weight excluding hydrogens is 364 g/mol. The van der Waals surface area contributed by atoms with E-state index in [0.29, 0.717) is 0 Å². The van der Waals surface area contributed by atoms with Gasteiger partial charge in [-0.25, -0.2) is 8.42 Å². The number of halogens is 1. The zero-order valence-electron chi connectivity index (χ0n) is 15.0. The average molecular weight is 389 g/mol. The first kappa shape index (κ1) is 20.2. The van der Waals surface area contributed by atoms with Gasteiger partial charge in [0.2, 0.25) is 10.0 Å². The topological polar surface area (TPSA) is 75.7 Å². The fourth-order valence-electron chi connectivity index (χ4n) is 2.72. The van der Waals surface area contributed by atoms with E-state index in [2.05, 4.69) is 5.32 Å². The largest absolute Gasteiger partial charge is 0.373 e. The second-order valence-electron chi connectivity index (χ2n) is 6.51. The third kappa shape index (κ3) is 4.73. The summed E-state index contributed by atoms with van der Waals surface area (Å²) in [6.07, 6.45) is 0.386. The maximum absolute atomic E-state index is 13.0. The van der Waals surface area contributed by atoms with E-state index >= 15 is 0 Å². The highest BCUT2D eigenvalue weighted by Crippen LogP contribution is 2.28. The SMILES string of the molecule is CCC(C)NC(=O)c1ccc(Cl)c(S(=O)(=O)N2CC(C)OC(C)C2)c1. The lowest BCUT2D eigenvalue weighted by molar-refractivity contribution is -0.0440. The molecule has 1 fully saturated rings. The second-order valence-corrected chi connectivity index (χ2v) is 8.82. The number of carbonyl (C=O) groups excluding carboxylic acids is 1. The number of amides is 1. The Morgan fingerprint density at radius 3 is 2.52 bits per heavy atom. The molecule has 2 rings (SSSR count). The number of hydrogen-bond acceptors (Lipinski definition) is 4. The van der Waals surface area contributed by atoms with Gasteiger partial charge in [-0.1, -0.05) is 18.5 Å². The van der Waals surface area contributed by atoms with Gasteiger partial charge in [0.15, 0.2) is 0 Å². The minimum atomic E-state index is -3.81. The van der Waals surface area contributed by atoms with E-state index in [1.807, 2.05) is 27.7 Å². The van der Waals surface area contributed by atoms with Crippen molar-refractivity contribution >= 4 is 27.5 Å². The zero-order chi connectivity index (χ0) is 18.8. The van der Waals surface area contributed by atoms with Crippen molar-refractivity contribution in [2.45, 2.75) is 57.3 Å². The highest BCUT2D eigenvalue weighted by atomic mass is 35.5. The van der Waals surface area contributed by atoms with Crippen molar-refractivity contribution in [2.24, 2.45) is 0 Å². The molecule has 1 aliphatic heterocycles. The number of rotatable bonds is 5. The first-order valence-corrected chi connectivity index (χ1v) is 10.2. The van der Waals surface area contributed by atoms with E-state index in [1.54, 1.807) is 0 Å². The number of carbonyl (C=O) groups is 1. The summed E-state index contributed by atoms with van der Waals surface area (Å²) in [7, 11) is -3.81. The molecule has 1 N–H and O–H groups in total. The van der Waals surface area contributed by atoms with Gasteiger partial charge in [0.05, 0.1) is 17.2 Å². The first-order valence-electron chi connectivity index (χ1n) is 8.41. The van der Waals surface area contributed by atoms with Crippen LogP contribution in [0.2, 0.25) is 5.02 Å². The third-order valence-corrected chi connectivity index (χ3v) is 6.50. The van der Waals surface area contributed by atoms with Crippen molar-refractivity contribution in [3.8, 4) is 0 Å². The van der Waals surface area contributed by atoms with Crippen LogP contribution in [0.5, 0.6) is 0 Å². The summed E-state index contributed by atoms with van der Waals surface area (Å²) in [5.41, 5.74) is 0.276. The van der Waals surface area contributed by atoms with E-state index in [-0.39, 0.29) is 52.7 Å². The summed E-state index contributed by atoms with van der Waals surface area (Å²) >= 11 is 6.14. The van der Waals surface area contributed by atoms with Crippen LogP contribution in [-0.4, -0.2) is 50.0 Å². The lowest BCUT2D eigenvalue weighted by atomic mass is 10.2. The van der Waals surface area contributed by atoms with Crippen molar-refractivity contribution < 1.29 is 17.9 Å². The van der Waals surface area contributed by atoms with Gasteiger partial charge in [-0.15, -0.1) is 0 Å². The van der Waals surface area contributed by atoms with Crippen LogP contribution in [0.15, 0.2) is 23.1 Å². The lowest BCUT2D eigenvalue weighted by Crippen LogP contribution is -2.48. The van der Waals surface area contributed by atoms with Gasteiger partial charge in [-0.2, -0.15) is 4.31 Å². The van der Waals surface area contributed by atoms with Crippen molar-refractivity contribution in [2.75, 3.05) is 13.1 Å². The Morgan fingerprint density at radius 1 is 1.36 bits per heavy atom. The van der Waals surface area contributed by atoms with E-state index < -0.39 is 10.0 Å². The van der Waals surface area contributed by atoms with Crippen LogP contribution in [-0.2, 0) is 14.8 Å². The Morgan fingerprint density at radius 2 is 1.96 bits per heavy atom. The quantitative estimate of drug-likeness (QED) is 0.841. The molecule has 140 valence electrons. The summed E-state index contributed by atoms with van der Waals surface area (Å²) < 4.78 is 33.0. The molecule has 0 saturated carbocycles. The van der Waals surface area contributed by atoms with E-state index in [0.717, 1.165) is 6.42 Å². The average Bonchev–Trinajstić information content (AvgIpc) is 2.53. The van der Waals surface area contributed by atoms with Gasteiger partial charge < -0.3 is 10.1 Å². The van der Waals surface area contributed by atoms with Crippen LogP contribution in [0.4, 0.5) is 0 Å². The van der Waals surface area contributed by atoms with Crippen LogP contribution >= 0.6 is 11.6 Å². The molecule has 0 aromatic heterocycles. The van der Waals surface area contributed by atoms with Gasteiger partial charge in [0, 0.05) is 24.7 Å². The molecular formula is C17H25ClN2O4S. The van der Waals surface area contributed by atoms with E-state index in [4.69, 9.17) is 16.3 Å². The van der Waals surface area contributed by atoms with Crippen LogP contribution in [0, 0.1) is 0 Å². The summed E-state index contributed by atoms with van der Waals surface area (Å²) in [5.74, 6) is -0.314. The van der Waals surface area contributed by atoms with Gasteiger partial charge >= 0.3 is 0 Å². The molecule has 0 radical (unpaired) electrons. The molecule has 0 bridgehead atoms. The number of nitrogens with one attached hydrogen (secondary N) is 1. The molecule has 1 saturated heterocycles. The van der Waals surface area contributed by atoms with Crippen LogP contribution in [0.3, 0.4) is 0 Å². The predicted octanol–water partition coefficient (Wildman–Crippen LogP) is 2.67.